The summed E-state index contributed by atoms with van der Waals surface area (Å²) < 4.78 is 0. The van der Waals surface area contributed by atoms with Gasteiger partial charge in [-0.25, -0.2) is 0 Å². The van der Waals surface area contributed by atoms with E-state index in [0.29, 0.717) is 24.5 Å². The van der Waals surface area contributed by atoms with Gasteiger partial charge in [0, 0.05) is 18.3 Å². The molecule has 0 spiro atoms. The summed E-state index contributed by atoms with van der Waals surface area (Å²) in [7, 11) is 0. The molecule has 5 heteroatoms. The Morgan fingerprint density at radius 3 is 2.55 bits per heavy atom. The van der Waals surface area contributed by atoms with Crippen molar-refractivity contribution < 1.29 is 24.9 Å². The molecule has 0 aromatic heterocycles. The van der Waals surface area contributed by atoms with Gasteiger partial charge in [0.25, 0.3) is 0 Å². The molecular formula is C24H38O5. The van der Waals surface area contributed by atoms with E-state index in [4.69, 9.17) is 5.11 Å². The Bertz CT molecular complexity index is 676. The van der Waals surface area contributed by atoms with Crippen molar-refractivity contribution in [2.75, 3.05) is 0 Å². The van der Waals surface area contributed by atoms with E-state index in [2.05, 4.69) is 20.8 Å². The van der Waals surface area contributed by atoms with Crippen LogP contribution in [0, 0.1) is 46.3 Å². The molecule has 29 heavy (non-hydrogen) atoms. The molecule has 10 atom stereocenters. The first-order chi connectivity index (χ1) is 13.6. The van der Waals surface area contributed by atoms with Gasteiger partial charge in [-0.3, -0.25) is 9.59 Å². The number of hydrogen-bond donors (Lipinski definition) is 3. The van der Waals surface area contributed by atoms with Crippen LogP contribution < -0.4 is 0 Å². The highest BCUT2D eigenvalue weighted by atomic mass is 16.4. The molecule has 4 aliphatic carbocycles. The molecule has 0 amide bonds. The van der Waals surface area contributed by atoms with Gasteiger partial charge < -0.3 is 15.3 Å². The lowest BCUT2D eigenvalue weighted by Gasteiger charge is -2.61. The molecule has 0 saturated heterocycles. The fraction of sp³-hybridized carbons (Fsp3) is 0.917. The zero-order valence-electron chi connectivity index (χ0n) is 18.1. The number of hydrogen-bond acceptors (Lipinski definition) is 4. The summed E-state index contributed by atoms with van der Waals surface area (Å²) in [6.07, 6.45) is 5.82. The SMILES string of the molecule is C[C@@H](CCC(=O)O)[C@H]1CC[C@H]2[C@@H]3[C@H](O)C[C@H]4C[C@@H](O)CC[C@]4(C)[C@H]3CC(=O)[C@]12C. The Morgan fingerprint density at radius 1 is 1.14 bits per heavy atom. The molecule has 4 aliphatic rings. The third-order valence-corrected chi connectivity index (χ3v) is 10.1. The number of carbonyl (C=O) groups is 2. The van der Waals surface area contributed by atoms with Crippen LogP contribution in [0.25, 0.3) is 0 Å². The van der Waals surface area contributed by atoms with Gasteiger partial charge in [0.15, 0.2) is 0 Å². The predicted molar refractivity (Wildman–Crippen MR) is 109 cm³/mol. The molecule has 0 aromatic rings. The van der Waals surface area contributed by atoms with Crippen molar-refractivity contribution in [3.63, 3.8) is 0 Å². The van der Waals surface area contributed by atoms with Gasteiger partial charge in [0.2, 0.25) is 0 Å². The third kappa shape index (κ3) is 3.18. The molecule has 0 unspecified atom stereocenters. The number of rotatable bonds is 4. The van der Waals surface area contributed by atoms with Crippen molar-refractivity contribution in [1.29, 1.82) is 0 Å². The fourth-order valence-electron chi connectivity index (χ4n) is 8.41. The number of aliphatic hydroxyl groups is 2. The topological polar surface area (TPSA) is 94.8 Å². The number of aliphatic hydroxyl groups excluding tert-OH is 2. The first-order valence-electron chi connectivity index (χ1n) is 11.7. The summed E-state index contributed by atoms with van der Waals surface area (Å²) in [6.45, 7) is 6.54. The van der Waals surface area contributed by atoms with Crippen LogP contribution in [0.5, 0.6) is 0 Å². The van der Waals surface area contributed by atoms with Gasteiger partial charge in [-0.2, -0.15) is 0 Å². The van der Waals surface area contributed by atoms with Gasteiger partial charge in [-0.15, -0.1) is 0 Å². The minimum atomic E-state index is -0.771. The van der Waals surface area contributed by atoms with E-state index in [-0.39, 0.29) is 47.5 Å². The summed E-state index contributed by atoms with van der Waals surface area (Å²) in [5.74, 6) is 0.855. The first kappa shape index (κ1) is 21.3. The fourth-order valence-corrected chi connectivity index (χ4v) is 8.41. The molecule has 4 rings (SSSR count). The number of ketones is 1. The van der Waals surface area contributed by atoms with Crippen LogP contribution >= 0.6 is 0 Å². The van der Waals surface area contributed by atoms with Crippen LogP contribution in [0.15, 0.2) is 0 Å². The van der Waals surface area contributed by atoms with E-state index in [1.54, 1.807) is 0 Å². The smallest absolute Gasteiger partial charge is 0.303 e. The monoisotopic (exact) mass is 406 g/mol. The minimum absolute atomic E-state index is 0.0348. The molecule has 164 valence electrons. The van der Waals surface area contributed by atoms with Crippen molar-refractivity contribution in [2.45, 2.75) is 90.8 Å². The summed E-state index contributed by atoms with van der Waals surface area (Å²) in [6, 6.07) is 0. The Balaban J connectivity index is 1.62. The number of Topliss-reactive ketones (excluding diaryl/α,β-unsaturated/α-hetero) is 1. The number of carboxylic acid groups (broad SMARTS) is 1. The van der Waals surface area contributed by atoms with E-state index in [0.717, 1.165) is 38.5 Å². The molecule has 0 aliphatic heterocycles. The predicted octanol–water partition coefficient (Wildman–Crippen LogP) is 3.66. The second-order valence-corrected chi connectivity index (χ2v) is 11.2. The summed E-state index contributed by atoms with van der Waals surface area (Å²) in [5, 5.41) is 30.5. The number of aliphatic carboxylic acids is 1. The van der Waals surface area contributed by atoms with Crippen molar-refractivity contribution in [3.05, 3.63) is 0 Å². The number of carboxylic acids is 1. The Labute approximate surface area is 174 Å². The van der Waals surface area contributed by atoms with Crippen molar-refractivity contribution in [2.24, 2.45) is 46.3 Å². The zero-order chi connectivity index (χ0) is 21.1. The van der Waals surface area contributed by atoms with E-state index in [9.17, 15) is 19.8 Å². The first-order valence-corrected chi connectivity index (χ1v) is 11.7. The average molecular weight is 407 g/mol. The molecule has 0 radical (unpaired) electrons. The van der Waals surface area contributed by atoms with Crippen LogP contribution in [0.1, 0.15) is 78.6 Å². The molecular weight excluding hydrogens is 368 g/mol. The van der Waals surface area contributed by atoms with Gasteiger partial charge in [0.05, 0.1) is 12.2 Å². The van der Waals surface area contributed by atoms with Crippen molar-refractivity contribution in [3.8, 4) is 0 Å². The maximum absolute atomic E-state index is 13.6. The normalized spacial score (nSPS) is 50.4. The lowest BCUT2D eigenvalue weighted by Crippen LogP contribution is -2.61. The minimum Gasteiger partial charge on any atom is -0.481 e. The van der Waals surface area contributed by atoms with Crippen LogP contribution in [0.4, 0.5) is 0 Å². The maximum atomic E-state index is 13.6. The van der Waals surface area contributed by atoms with Gasteiger partial charge >= 0.3 is 5.97 Å². The maximum Gasteiger partial charge on any atom is 0.303 e. The Kier molecular flexibility index (Phi) is 5.39. The summed E-state index contributed by atoms with van der Waals surface area (Å²) in [4.78, 5) is 24.7. The second-order valence-electron chi connectivity index (χ2n) is 11.2. The van der Waals surface area contributed by atoms with Crippen LogP contribution in [0.3, 0.4) is 0 Å². The van der Waals surface area contributed by atoms with E-state index in [1.807, 2.05) is 0 Å². The van der Waals surface area contributed by atoms with Crippen LogP contribution in [-0.4, -0.2) is 39.3 Å². The van der Waals surface area contributed by atoms with Gasteiger partial charge in [-0.05, 0) is 85.9 Å². The summed E-state index contributed by atoms with van der Waals surface area (Å²) >= 11 is 0. The highest BCUT2D eigenvalue weighted by Gasteiger charge is 2.65. The van der Waals surface area contributed by atoms with Crippen molar-refractivity contribution >= 4 is 11.8 Å². The molecule has 0 heterocycles. The summed E-state index contributed by atoms with van der Waals surface area (Å²) in [5.41, 5.74) is -0.398. The third-order valence-electron chi connectivity index (χ3n) is 10.1. The van der Waals surface area contributed by atoms with Gasteiger partial charge in [0.1, 0.15) is 5.78 Å². The average Bonchev–Trinajstić information content (AvgIpc) is 3.01. The van der Waals surface area contributed by atoms with Crippen LogP contribution in [-0.2, 0) is 9.59 Å². The molecule has 4 fully saturated rings. The molecule has 0 bridgehead atoms. The standard InChI is InChI=1S/C24H38O5/c1-13(4-7-21(28)29)16-5-6-17-22-18(12-20(27)24(16,17)3)23(2)9-8-15(25)10-14(23)11-19(22)26/h13-19,22,25-26H,4-12H2,1-3H3,(H,28,29)/t13-,14+,15-,16+,17-,18-,19+,22-,23-,24+/m0/s1. The Morgan fingerprint density at radius 2 is 1.86 bits per heavy atom. The molecule has 5 nitrogen and oxygen atoms in total. The largest absolute Gasteiger partial charge is 0.481 e. The molecule has 0 aromatic carbocycles. The van der Waals surface area contributed by atoms with Crippen molar-refractivity contribution in [1.82, 2.24) is 0 Å². The van der Waals surface area contributed by atoms with E-state index in [1.165, 1.54) is 0 Å². The lowest BCUT2D eigenvalue weighted by atomic mass is 9.43. The van der Waals surface area contributed by atoms with Gasteiger partial charge in [-0.1, -0.05) is 20.8 Å². The molecule has 3 N–H and O–H groups in total. The van der Waals surface area contributed by atoms with E-state index < -0.39 is 17.5 Å². The number of fused-ring (bicyclic) bond motifs is 5. The number of carbonyl (C=O) groups excluding carboxylic acids is 1. The Hall–Kier alpha value is -0.940. The quantitative estimate of drug-likeness (QED) is 0.662. The lowest BCUT2D eigenvalue weighted by molar-refractivity contribution is -0.181. The highest BCUT2D eigenvalue weighted by Crippen LogP contribution is 2.67. The van der Waals surface area contributed by atoms with E-state index >= 15 is 0 Å². The highest BCUT2D eigenvalue weighted by molar-refractivity contribution is 5.87. The zero-order valence-corrected chi connectivity index (χ0v) is 18.1. The molecule has 4 saturated carbocycles. The van der Waals surface area contributed by atoms with Crippen LogP contribution in [0.2, 0.25) is 0 Å². The second kappa shape index (κ2) is 7.33.